The molecule has 2 aromatic heterocycles. The van der Waals surface area contributed by atoms with Gasteiger partial charge < -0.3 is 19.3 Å². The van der Waals surface area contributed by atoms with E-state index in [4.69, 9.17) is 9.47 Å². The van der Waals surface area contributed by atoms with Crippen LogP contribution in [0.25, 0.3) is 10.2 Å². The number of amides is 2. The number of benzene rings is 1. The lowest BCUT2D eigenvalue weighted by Gasteiger charge is -2.37. The maximum absolute atomic E-state index is 12.8. The third-order valence-corrected chi connectivity index (χ3v) is 6.30. The fraction of sp³-hybridized carbons (Fsp3) is 0.333. The highest BCUT2D eigenvalue weighted by Gasteiger charge is 2.33. The molecule has 31 heavy (non-hydrogen) atoms. The molecule has 2 aliphatic rings. The molecule has 10 heteroatoms. The molecule has 5 rings (SSSR count). The van der Waals surface area contributed by atoms with Crippen molar-refractivity contribution in [1.29, 1.82) is 0 Å². The minimum absolute atomic E-state index is 0.0675. The molecule has 160 valence electrons. The summed E-state index contributed by atoms with van der Waals surface area (Å²) in [6.45, 7) is 1.71. The van der Waals surface area contributed by atoms with E-state index in [0.29, 0.717) is 47.9 Å². The van der Waals surface area contributed by atoms with E-state index in [2.05, 4.69) is 4.98 Å². The molecule has 1 unspecified atom stereocenters. The molecule has 0 bridgehead atoms. The van der Waals surface area contributed by atoms with Gasteiger partial charge in [0.15, 0.2) is 11.5 Å². The number of thiophene rings is 1. The highest BCUT2D eigenvalue weighted by Crippen LogP contribution is 2.31. The number of para-hydroxylation sites is 2. The molecular formula is C21H20N4O5S. The normalized spacial score (nSPS) is 18.3. The van der Waals surface area contributed by atoms with Gasteiger partial charge in [0.05, 0.1) is 11.7 Å². The van der Waals surface area contributed by atoms with Crippen LogP contribution in [-0.2, 0) is 16.1 Å². The summed E-state index contributed by atoms with van der Waals surface area (Å²) < 4.78 is 12.8. The molecule has 0 radical (unpaired) electrons. The van der Waals surface area contributed by atoms with Gasteiger partial charge in [-0.05, 0) is 23.6 Å². The molecule has 2 aliphatic heterocycles. The average Bonchev–Trinajstić information content (AvgIpc) is 3.30. The van der Waals surface area contributed by atoms with Crippen LogP contribution in [0.2, 0.25) is 0 Å². The van der Waals surface area contributed by atoms with Gasteiger partial charge in [0.1, 0.15) is 18.0 Å². The second kappa shape index (κ2) is 8.03. The second-order valence-corrected chi connectivity index (χ2v) is 8.28. The molecule has 0 spiro atoms. The van der Waals surface area contributed by atoms with Crippen molar-refractivity contribution in [3.63, 3.8) is 0 Å². The van der Waals surface area contributed by atoms with Crippen molar-refractivity contribution in [3.05, 3.63) is 52.4 Å². The SMILES string of the molecule is O=C(Cn1cnc2sccc2c1=O)N1CCN(C(=O)C2COc3ccccc3O2)CC1. The molecule has 3 aromatic rings. The van der Waals surface area contributed by atoms with Gasteiger partial charge >= 0.3 is 0 Å². The Bertz CT molecular complexity index is 1200. The average molecular weight is 440 g/mol. The van der Waals surface area contributed by atoms with E-state index in [0.717, 1.165) is 0 Å². The van der Waals surface area contributed by atoms with Gasteiger partial charge in [0.2, 0.25) is 12.0 Å². The summed E-state index contributed by atoms with van der Waals surface area (Å²) in [5.74, 6) is 0.872. The van der Waals surface area contributed by atoms with Crippen molar-refractivity contribution < 1.29 is 19.1 Å². The molecular weight excluding hydrogens is 420 g/mol. The lowest BCUT2D eigenvalue weighted by atomic mass is 10.2. The zero-order chi connectivity index (χ0) is 21.4. The summed E-state index contributed by atoms with van der Waals surface area (Å²) in [6, 6.07) is 8.97. The van der Waals surface area contributed by atoms with Crippen LogP contribution in [0.4, 0.5) is 0 Å². The maximum atomic E-state index is 12.8. The number of aromatic nitrogens is 2. The number of piperazine rings is 1. The molecule has 0 N–H and O–H groups in total. The predicted octanol–water partition coefficient (Wildman–Crippen LogP) is 0.969. The number of carbonyl (C=O) groups excluding carboxylic acids is 2. The Labute approximate surface area is 181 Å². The monoisotopic (exact) mass is 440 g/mol. The van der Waals surface area contributed by atoms with Crippen LogP contribution in [0, 0.1) is 0 Å². The van der Waals surface area contributed by atoms with Gasteiger partial charge in [-0.3, -0.25) is 19.0 Å². The highest BCUT2D eigenvalue weighted by atomic mass is 32.1. The Morgan fingerprint density at radius 3 is 2.61 bits per heavy atom. The van der Waals surface area contributed by atoms with E-state index in [1.54, 1.807) is 33.4 Å². The number of carbonyl (C=O) groups is 2. The van der Waals surface area contributed by atoms with E-state index in [9.17, 15) is 14.4 Å². The largest absolute Gasteiger partial charge is 0.485 e. The summed E-state index contributed by atoms with van der Waals surface area (Å²) in [7, 11) is 0. The van der Waals surface area contributed by atoms with Crippen LogP contribution in [0.5, 0.6) is 11.5 Å². The third-order valence-electron chi connectivity index (χ3n) is 5.48. The van der Waals surface area contributed by atoms with Gasteiger partial charge in [-0.15, -0.1) is 11.3 Å². The maximum Gasteiger partial charge on any atom is 0.267 e. The molecule has 0 saturated carbocycles. The summed E-state index contributed by atoms with van der Waals surface area (Å²) in [4.78, 5) is 46.3. The van der Waals surface area contributed by atoms with Crippen LogP contribution >= 0.6 is 11.3 Å². The quantitative estimate of drug-likeness (QED) is 0.603. The Balaban J connectivity index is 1.18. The van der Waals surface area contributed by atoms with E-state index in [1.165, 1.54) is 22.2 Å². The number of fused-ring (bicyclic) bond motifs is 2. The smallest absolute Gasteiger partial charge is 0.267 e. The summed E-state index contributed by atoms with van der Waals surface area (Å²) in [5, 5.41) is 2.33. The fourth-order valence-corrected chi connectivity index (χ4v) is 4.50. The Hall–Kier alpha value is -3.40. The number of nitrogens with zero attached hydrogens (tertiary/aromatic N) is 4. The van der Waals surface area contributed by atoms with Gasteiger partial charge in [0, 0.05) is 26.2 Å². The zero-order valence-electron chi connectivity index (χ0n) is 16.6. The number of rotatable bonds is 3. The van der Waals surface area contributed by atoms with E-state index in [-0.39, 0.29) is 30.5 Å². The topological polar surface area (TPSA) is 94.0 Å². The van der Waals surface area contributed by atoms with Gasteiger partial charge in [-0.1, -0.05) is 12.1 Å². The molecule has 1 saturated heterocycles. The van der Waals surface area contributed by atoms with Crippen molar-refractivity contribution >= 4 is 33.4 Å². The molecule has 9 nitrogen and oxygen atoms in total. The molecule has 1 fully saturated rings. The number of hydrogen-bond acceptors (Lipinski definition) is 7. The predicted molar refractivity (Wildman–Crippen MR) is 113 cm³/mol. The minimum atomic E-state index is -0.695. The van der Waals surface area contributed by atoms with E-state index >= 15 is 0 Å². The van der Waals surface area contributed by atoms with Crippen molar-refractivity contribution in [1.82, 2.24) is 19.4 Å². The van der Waals surface area contributed by atoms with Gasteiger partial charge in [-0.25, -0.2) is 4.98 Å². The van der Waals surface area contributed by atoms with Crippen molar-refractivity contribution in [3.8, 4) is 11.5 Å². The fourth-order valence-electron chi connectivity index (χ4n) is 3.77. The summed E-state index contributed by atoms with van der Waals surface area (Å²) >= 11 is 1.39. The van der Waals surface area contributed by atoms with Crippen LogP contribution < -0.4 is 15.0 Å². The first-order valence-corrected chi connectivity index (χ1v) is 10.9. The lowest BCUT2D eigenvalue weighted by molar-refractivity contribution is -0.146. The van der Waals surface area contributed by atoms with Gasteiger partial charge in [0.25, 0.3) is 11.5 Å². The van der Waals surface area contributed by atoms with Crippen molar-refractivity contribution in [2.24, 2.45) is 0 Å². The standard InChI is InChI=1S/C21H20N4O5S/c26-18(11-25-13-22-19-14(20(25)27)5-10-31-19)23-6-8-24(9-7-23)21(28)17-12-29-15-3-1-2-4-16(15)30-17/h1-5,10,13,17H,6-9,11-12H2. The third kappa shape index (κ3) is 3.74. The van der Waals surface area contributed by atoms with E-state index < -0.39 is 6.10 Å². The number of ether oxygens (including phenoxy) is 2. The Kier molecular flexibility index (Phi) is 5.06. The Morgan fingerprint density at radius 1 is 1.06 bits per heavy atom. The molecule has 0 aliphatic carbocycles. The van der Waals surface area contributed by atoms with Crippen molar-refractivity contribution in [2.75, 3.05) is 32.8 Å². The Morgan fingerprint density at radius 2 is 1.81 bits per heavy atom. The summed E-state index contributed by atoms with van der Waals surface area (Å²) in [6.07, 6.45) is 0.719. The highest BCUT2D eigenvalue weighted by molar-refractivity contribution is 7.16. The van der Waals surface area contributed by atoms with Crippen molar-refractivity contribution in [2.45, 2.75) is 12.6 Å². The first-order chi connectivity index (χ1) is 15.1. The van der Waals surface area contributed by atoms with Crippen LogP contribution in [0.1, 0.15) is 0 Å². The summed E-state index contributed by atoms with van der Waals surface area (Å²) in [5.41, 5.74) is -0.219. The van der Waals surface area contributed by atoms with Crippen LogP contribution in [-0.4, -0.2) is 70.1 Å². The second-order valence-electron chi connectivity index (χ2n) is 7.39. The first-order valence-electron chi connectivity index (χ1n) is 9.98. The molecule has 1 atom stereocenters. The van der Waals surface area contributed by atoms with E-state index in [1.807, 2.05) is 12.1 Å². The van der Waals surface area contributed by atoms with Crippen LogP contribution in [0.15, 0.2) is 46.8 Å². The minimum Gasteiger partial charge on any atom is -0.485 e. The molecule has 4 heterocycles. The molecule has 1 aromatic carbocycles. The molecule has 2 amide bonds. The lowest BCUT2D eigenvalue weighted by Crippen LogP contribution is -2.55. The van der Waals surface area contributed by atoms with Gasteiger partial charge in [-0.2, -0.15) is 0 Å². The van der Waals surface area contributed by atoms with Crippen LogP contribution in [0.3, 0.4) is 0 Å². The first kappa shape index (κ1) is 19.6. The zero-order valence-corrected chi connectivity index (χ0v) is 17.4. The number of hydrogen-bond donors (Lipinski definition) is 0.